The summed E-state index contributed by atoms with van der Waals surface area (Å²) in [5.41, 5.74) is 3.24. The third kappa shape index (κ3) is 5.68. The maximum atomic E-state index is 13.1. The summed E-state index contributed by atoms with van der Waals surface area (Å²) in [7, 11) is -1.62. The third-order valence-electron chi connectivity index (χ3n) is 5.98. The number of sulfonamides is 1. The number of rotatable bonds is 7. The van der Waals surface area contributed by atoms with Crippen LogP contribution in [0, 0.1) is 0 Å². The minimum absolute atomic E-state index is 0.196. The van der Waals surface area contributed by atoms with Crippen LogP contribution in [0.5, 0.6) is 0 Å². The van der Waals surface area contributed by atoms with E-state index in [4.69, 9.17) is 0 Å². The molecule has 0 radical (unpaired) electrons. The van der Waals surface area contributed by atoms with Gasteiger partial charge in [0.05, 0.1) is 4.90 Å². The molecule has 0 spiro atoms. The number of nitrogens with one attached hydrogen (secondary N) is 1. The normalized spacial score (nSPS) is 15.3. The van der Waals surface area contributed by atoms with Crippen molar-refractivity contribution in [1.82, 2.24) is 9.21 Å². The molecule has 1 heterocycles. The SMILES string of the molecule is CN1CCN(S(=O)(=O)c2cccc(NC(=O)c3ccccc3CCc3ccccc3)c2)CC1. The highest BCUT2D eigenvalue weighted by Gasteiger charge is 2.27. The predicted octanol–water partition coefficient (Wildman–Crippen LogP) is 3.66. The molecule has 172 valence electrons. The minimum Gasteiger partial charge on any atom is -0.322 e. The van der Waals surface area contributed by atoms with Crippen LogP contribution in [0.15, 0.2) is 83.8 Å². The molecule has 1 aliphatic heterocycles. The van der Waals surface area contributed by atoms with E-state index in [9.17, 15) is 13.2 Å². The molecule has 3 aromatic rings. The zero-order chi connectivity index (χ0) is 23.3. The molecule has 1 amide bonds. The van der Waals surface area contributed by atoms with Crippen molar-refractivity contribution < 1.29 is 13.2 Å². The van der Waals surface area contributed by atoms with E-state index in [2.05, 4.69) is 22.3 Å². The molecule has 1 aliphatic rings. The average molecular weight is 464 g/mol. The molecule has 33 heavy (non-hydrogen) atoms. The highest BCUT2D eigenvalue weighted by Crippen LogP contribution is 2.22. The summed E-state index contributed by atoms with van der Waals surface area (Å²) in [6, 6.07) is 24.2. The predicted molar refractivity (Wildman–Crippen MR) is 131 cm³/mol. The molecular formula is C26H29N3O3S. The van der Waals surface area contributed by atoms with E-state index in [1.165, 1.54) is 15.9 Å². The topological polar surface area (TPSA) is 69.7 Å². The highest BCUT2D eigenvalue weighted by atomic mass is 32.2. The van der Waals surface area contributed by atoms with E-state index >= 15 is 0 Å². The first-order valence-electron chi connectivity index (χ1n) is 11.2. The Kier molecular flexibility index (Phi) is 7.23. The van der Waals surface area contributed by atoms with Crippen LogP contribution in [0.4, 0.5) is 5.69 Å². The van der Waals surface area contributed by atoms with Gasteiger partial charge in [0.2, 0.25) is 10.0 Å². The number of nitrogens with zero attached hydrogens (tertiary/aromatic N) is 2. The fourth-order valence-corrected chi connectivity index (χ4v) is 5.46. The smallest absolute Gasteiger partial charge is 0.255 e. The van der Waals surface area contributed by atoms with E-state index < -0.39 is 10.0 Å². The van der Waals surface area contributed by atoms with Crippen LogP contribution in [-0.2, 0) is 22.9 Å². The lowest BCUT2D eigenvalue weighted by atomic mass is 9.99. The summed E-state index contributed by atoms with van der Waals surface area (Å²) in [5.74, 6) is -0.243. The Labute approximate surface area is 195 Å². The van der Waals surface area contributed by atoms with Gasteiger partial charge in [-0.25, -0.2) is 8.42 Å². The molecule has 0 aromatic heterocycles. The third-order valence-corrected chi connectivity index (χ3v) is 7.87. The van der Waals surface area contributed by atoms with Gasteiger partial charge in [-0.1, -0.05) is 54.6 Å². The highest BCUT2D eigenvalue weighted by molar-refractivity contribution is 7.89. The fourth-order valence-electron chi connectivity index (χ4n) is 3.99. The first-order chi connectivity index (χ1) is 15.9. The quantitative estimate of drug-likeness (QED) is 0.581. The molecule has 0 unspecified atom stereocenters. The van der Waals surface area contributed by atoms with E-state index in [0.29, 0.717) is 37.4 Å². The number of carbonyl (C=O) groups is 1. The number of anilines is 1. The van der Waals surface area contributed by atoms with Crippen molar-refractivity contribution >= 4 is 21.6 Å². The summed E-state index contributed by atoms with van der Waals surface area (Å²) in [6.07, 6.45) is 1.58. The second-order valence-electron chi connectivity index (χ2n) is 8.33. The standard InChI is InChI=1S/C26H29N3O3S/c1-28-16-18-29(19-17-28)33(31,32)24-12-7-11-23(20-24)27-26(30)25-13-6-5-10-22(25)15-14-21-8-3-2-4-9-21/h2-13,20H,14-19H2,1H3,(H,27,30). The summed E-state index contributed by atoms with van der Waals surface area (Å²) < 4.78 is 27.6. The lowest BCUT2D eigenvalue weighted by Gasteiger charge is -2.31. The summed E-state index contributed by atoms with van der Waals surface area (Å²) in [5, 5.41) is 2.89. The molecular weight excluding hydrogens is 434 g/mol. The van der Waals surface area contributed by atoms with Gasteiger partial charge in [-0.05, 0) is 55.3 Å². The van der Waals surface area contributed by atoms with Gasteiger partial charge in [0.25, 0.3) is 5.91 Å². The van der Waals surface area contributed by atoms with Crippen molar-refractivity contribution in [3.8, 4) is 0 Å². The second kappa shape index (κ2) is 10.3. The first kappa shape index (κ1) is 23.2. The van der Waals surface area contributed by atoms with Crippen molar-refractivity contribution in [1.29, 1.82) is 0 Å². The van der Waals surface area contributed by atoms with Gasteiger partial charge in [-0.15, -0.1) is 0 Å². The van der Waals surface area contributed by atoms with Crippen LogP contribution in [0.2, 0.25) is 0 Å². The number of piperazine rings is 1. The molecule has 1 N–H and O–H groups in total. The molecule has 7 heteroatoms. The molecule has 6 nitrogen and oxygen atoms in total. The number of hydrogen-bond acceptors (Lipinski definition) is 4. The van der Waals surface area contributed by atoms with E-state index in [0.717, 1.165) is 18.4 Å². The second-order valence-corrected chi connectivity index (χ2v) is 10.3. The number of aryl methyl sites for hydroxylation is 2. The van der Waals surface area contributed by atoms with Crippen molar-refractivity contribution in [2.45, 2.75) is 17.7 Å². The fraction of sp³-hybridized carbons (Fsp3) is 0.269. The monoisotopic (exact) mass is 463 g/mol. The van der Waals surface area contributed by atoms with E-state index in [1.54, 1.807) is 24.3 Å². The number of hydrogen-bond donors (Lipinski definition) is 1. The van der Waals surface area contributed by atoms with Gasteiger partial charge >= 0.3 is 0 Å². The number of benzene rings is 3. The van der Waals surface area contributed by atoms with Gasteiger partial charge in [0.15, 0.2) is 0 Å². The lowest BCUT2D eigenvalue weighted by Crippen LogP contribution is -2.47. The zero-order valence-electron chi connectivity index (χ0n) is 18.8. The Balaban J connectivity index is 1.48. The summed E-state index contributed by atoms with van der Waals surface area (Å²) >= 11 is 0. The van der Waals surface area contributed by atoms with E-state index in [1.807, 2.05) is 43.4 Å². The minimum atomic E-state index is -3.60. The average Bonchev–Trinajstić information content (AvgIpc) is 2.84. The van der Waals surface area contributed by atoms with Crippen LogP contribution in [0.25, 0.3) is 0 Å². The zero-order valence-corrected chi connectivity index (χ0v) is 19.6. The Morgan fingerprint density at radius 2 is 1.55 bits per heavy atom. The molecule has 1 fully saturated rings. The van der Waals surface area contributed by atoms with Crippen molar-refractivity contribution in [2.75, 3.05) is 38.5 Å². The molecule has 0 saturated carbocycles. The number of carbonyl (C=O) groups excluding carboxylic acids is 1. The molecule has 0 aliphatic carbocycles. The van der Waals surface area contributed by atoms with Gasteiger partial charge in [-0.2, -0.15) is 4.31 Å². The van der Waals surface area contributed by atoms with Crippen molar-refractivity contribution in [3.63, 3.8) is 0 Å². The van der Waals surface area contributed by atoms with Crippen molar-refractivity contribution in [2.24, 2.45) is 0 Å². The number of likely N-dealkylation sites (N-methyl/N-ethyl adjacent to an activating group) is 1. The van der Waals surface area contributed by atoms with Gasteiger partial charge in [-0.3, -0.25) is 4.79 Å². The maximum absolute atomic E-state index is 13.1. The van der Waals surface area contributed by atoms with Crippen LogP contribution in [0.3, 0.4) is 0 Å². The van der Waals surface area contributed by atoms with Crippen LogP contribution in [0.1, 0.15) is 21.5 Å². The molecule has 0 atom stereocenters. The Bertz CT molecular complexity index is 1200. The van der Waals surface area contributed by atoms with Crippen LogP contribution < -0.4 is 5.32 Å². The first-order valence-corrected chi connectivity index (χ1v) is 12.6. The summed E-state index contributed by atoms with van der Waals surface area (Å²) in [4.78, 5) is 15.4. The van der Waals surface area contributed by atoms with Gasteiger partial charge in [0.1, 0.15) is 0 Å². The van der Waals surface area contributed by atoms with Crippen molar-refractivity contribution in [3.05, 3.63) is 95.6 Å². The largest absolute Gasteiger partial charge is 0.322 e. The number of amides is 1. The van der Waals surface area contributed by atoms with Gasteiger partial charge < -0.3 is 10.2 Å². The summed E-state index contributed by atoms with van der Waals surface area (Å²) in [6.45, 7) is 2.33. The molecule has 0 bridgehead atoms. The molecule has 3 aromatic carbocycles. The lowest BCUT2D eigenvalue weighted by molar-refractivity contribution is 0.102. The van der Waals surface area contributed by atoms with E-state index in [-0.39, 0.29) is 10.8 Å². The Hall–Kier alpha value is -3.00. The maximum Gasteiger partial charge on any atom is 0.255 e. The van der Waals surface area contributed by atoms with Crippen LogP contribution >= 0.6 is 0 Å². The van der Waals surface area contributed by atoms with Gasteiger partial charge in [0, 0.05) is 37.4 Å². The molecule has 1 saturated heterocycles. The molecule has 4 rings (SSSR count). The Morgan fingerprint density at radius 3 is 2.30 bits per heavy atom. The van der Waals surface area contributed by atoms with Crippen LogP contribution in [-0.4, -0.2) is 56.8 Å². The Morgan fingerprint density at radius 1 is 0.848 bits per heavy atom.